The lowest BCUT2D eigenvalue weighted by molar-refractivity contribution is -0.135. The molecule has 17 heavy (non-hydrogen) atoms. The van der Waals surface area contributed by atoms with Crippen LogP contribution in [0.5, 0.6) is 0 Å². The normalized spacial score (nSPS) is 13.7. The minimum absolute atomic E-state index is 0.0860. The molecule has 0 aliphatic heterocycles. The number of hydrogen-bond acceptors (Lipinski definition) is 1. The lowest BCUT2D eigenvalue weighted by atomic mass is 9.95. The molecule has 0 spiro atoms. The monoisotopic (exact) mass is 245 g/mol. The summed E-state index contributed by atoms with van der Waals surface area (Å²) >= 11 is 0. The van der Waals surface area contributed by atoms with Crippen LogP contribution in [0, 0.1) is 0 Å². The van der Waals surface area contributed by atoms with Gasteiger partial charge in [0.2, 0.25) is 0 Å². The van der Waals surface area contributed by atoms with E-state index in [0.29, 0.717) is 6.42 Å². The van der Waals surface area contributed by atoms with Crippen molar-refractivity contribution in [3.63, 3.8) is 0 Å². The van der Waals surface area contributed by atoms with Gasteiger partial charge in [0.25, 0.3) is 0 Å². The molecule has 2 N–H and O–H groups in total. The Kier molecular flexibility index (Phi) is 5.00. The zero-order valence-corrected chi connectivity index (χ0v) is 9.93. The number of rotatable bonds is 5. The first-order valence-electron chi connectivity index (χ1n) is 5.84. The van der Waals surface area contributed by atoms with E-state index >= 15 is 0 Å². The summed E-state index contributed by atoms with van der Waals surface area (Å²) in [7, 11) is 0. The van der Waals surface area contributed by atoms with Gasteiger partial charge in [0.05, 0.1) is 0 Å². The molecule has 0 bridgehead atoms. The molecular formula is C13H18F3N. The highest BCUT2D eigenvalue weighted by Gasteiger charge is 2.26. The van der Waals surface area contributed by atoms with Gasteiger partial charge in [-0.3, -0.25) is 0 Å². The molecule has 1 nitrogen and oxygen atoms in total. The number of nitrogens with two attached hydrogens (primary N) is 1. The molecule has 0 saturated carbocycles. The van der Waals surface area contributed by atoms with Gasteiger partial charge in [-0.1, -0.05) is 31.2 Å². The first-order chi connectivity index (χ1) is 7.94. The standard InChI is InChI=1S/C13H18F3N/c1-2-10-6-3-4-7-11(10)12(17)8-5-9-13(14,15)16/h3-4,6-7,12H,2,5,8-9,17H2,1H3. The van der Waals surface area contributed by atoms with Gasteiger partial charge >= 0.3 is 6.18 Å². The van der Waals surface area contributed by atoms with Crippen LogP contribution in [0.2, 0.25) is 0 Å². The highest BCUT2D eigenvalue weighted by molar-refractivity contribution is 5.29. The van der Waals surface area contributed by atoms with Crippen molar-refractivity contribution < 1.29 is 13.2 Å². The van der Waals surface area contributed by atoms with Crippen molar-refractivity contribution in [2.45, 2.75) is 44.8 Å². The second kappa shape index (κ2) is 6.05. The first kappa shape index (κ1) is 14.0. The van der Waals surface area contributed by atoms with E-state index in [9.17, 15) is 13.2 Å². The summed E-state index contributed by atoms with van der Waals surface area (Å²) < 4.78 is 36.0. The Morgan fingerprint density at radius 2 is 1.88 bits per heavy atom. The summed E-state index contributed by atoms with van der Waals surface area (Å²) in [6.45, 7) is 2.02. The van der Waals surface area contributed by atoms with Crippen molar-refractivity contribution in [1.82, 2.24) is 0 Å². The molecule has 0 heterocycles. The predicted molar refractivity (Wildman–Crippen MR) is 62.7 cm³/mol. The zero-order chi connectivity index (χ0) is 12.9. The van der Waals surface area contributed by atoms with Gasteiger partial charge in [0.15, 0.2) is 0 Å². The highest BCUT2D eigenvalue weighted by atomic mass is 19.4. The van der Waals surface area contributed by atoms with Crippen LogP contribution in [0.4, 0.5) is 13.2 Å². The van der Waals surface area contributed by atoms with E-state index < -0.39 is 12.6 Å². The highest BCUT2D eigenvalue weighted by Crippen LogP contribution is 2.26. The fraction of sp³-hybridized carbons (Fsp3) is 0.538. The van der Waals surface area contributed by atoms with E-state index in [1.165, 1.54) is 0 Å². The molecule has 96 valence electrons. The molecule has 0 aliphatic carbocycles. The summed E-state index contributed by atoms with van der Waals surface area (Å²) in [5.74, 6) is 0. The van der Waals surface area contributed by atoms with Crippen LogP contribution in [0.3, 0.4) is 0 Å². The molecular weight excluding hydrogens is 227 g/mol. The third kappa shape index (κ3) is 4.77. The molecule has 1 rings (SSSR count). The molecule has 0 saturated heterocycles. The fourth-order valence-electron chi connectivity index (χ4n) is 1.90. The van der Waals surface area contributed by atoms with Crippen LogP contribution in [0.25, 0.3) is 0 Å². The number of hydrogen-bond donors (Lipinski definition) is 1. The van der Waals surface area contributed by atoms with Crippen LogP contribution in [0.1, 0.15) is 43.4 Å². The van der Waals surface area contributed by atoms with Gasteiger partial charge in [-0.2, -0.15) is 13.2 Å². The Balaban J connectivity index is 2.55. The summed E-state index contributed by atoms with van der Waals surface area (Å²) in [4.78, 5) is 0. The Labute approximate surface area is 99.8 Å². The molecule has 1 atom stereocenters. The molecule has 0 radical (unpaired) electrons. The average Bonchev–Trinajstić information content (AvgIpc) is 2.27. The second-order valence-electron chi connectivity index (χ2n) is 4.17. The smallest absolute Gasteiger partial charge is 0.324 e. The van der Waals surface area contributed by atoms with Gasteiger partial charge in [0.1, 0.15) is 0 Å². The summed E-state index contributed by atoms with van der Waals surface area (Å²) in [6, 6.07) is 7.37. The van der Waals surface area contributed by atoms with Crippen LogP contribution in [-0.4, -0.2) is 6.18 Å². The third-order valence-corrected chi connectivity index (χ3v) is 2.81. The molecule has 0 aromatic heterocycles. The Hall–Kier alpha value is -1.03. The maximum Gasteiger partial charge on any atom is 0.389 e. The van der Waals surface area contributed by atoms with Crippen LogP contribution in [-0.2, 0) is 6.42 Å². The van der Waals surface area contributed by atoms with Crippen molar-refractivity contribution >= 4 is 0 Å². The zero-order valence-electron chi connectivity index (χ0n) is 9.93. The SMILES string of the molecule is CCc1ccccc1C(N)CCCC(F)(F)F. The van der Waals surface area contributed by atoms with E-state index in [1.54, 1.807) is 0 Å². The molecule has 4 heteroatoms. The molecule has 0 fully saturated rings. The first-order valence-corrected chi connectivity index (χ1v) is 5.84. The Bertz CT molecular complexity index is 347. The van der Waals surface area contributed by atoms with Crippen molar-refractivity contribution in [2.24, 2.45) is 5.73 Å². The van der Waals surface area contributed by atoms with E-state index in [1.807, 2.05) is 31.2 Å². The maximum absolute atomic E-state index is 12.0. The lowest BCUT2D eigenvalue weighted by Crippen LogP contribution is -2.14. The number of aryl methyl sites for hydroxylation is 1. The molecule has 1 aromatic carbocycles. The van der Waals surface area contributed by atoms with Crippen molar-refractivity contribution in [2.75, 3.05) is 0 Å². The van der Waals surface area contributed by atoms with Gasteiger partial charge < -0.3 is 5.73 Å². The van der Waals surface area contributed by atoms with E-state index in [-0.39, 0.29) is 12.5 Å². The largest absolute Gasteiger partial charge is 0.389 e. The number of benzene rings is 1. The Morgan fingerprint density at radius 3 is 2.47 bits per heavy atom. The van der Waals surface area contributed by atoms with Gasteiger partial charge in [-0.25, -0.2) is 0 Å². The summed E-state index contributed by atoms with van der Waals surface area (Å²) in [5, 5.41) is 0. The summed E-state index contributed by atoms with van der Waals surface area (Å²) in [6.07, 6.45) is -3.53. The number of alkyl halides is 3. The second-order valence-corrected chi connectivity index (χ2v) is 4.17. The van der Waals surface area contributed by atoms with Crippen LogP contribution >= 0.6 is 0 Å². The molecule has 0 aliphatic rings. The minimum Gasteiger partial charge on any atom is -0.324 e. The minimum atomic E-state index is -4.08. The lowest BCUT2D eigenvalue weighted by Gasteiger charge is -2.16. The molecule has 1 aromatic rings. The van der Waals surface area contributed by atoms with Gasteiger partial charge in [0, 0.05) is 12.5 Å². The molecule has 1 unspecified atom stereocenters. The number of halogens is 3. The Morgan fingerprint density at radius 1 is 1.24 bits per heavy atom. The van der Waals surface area contributed by atoms with E-state index in [0.717, 1.165) is 17.5 Å². The quantitative estimate of drug-likeness (QED) is 0.834. The average molecular weight is 245 g/mol. The van der Waals surface area contributed by atoms with E-state index in [4.69, 9.17) is 5.73 Å². The maximum atomic E-state index is 12.0. The van der Waals surface area contributed by atoms with E-state index in [2.05, 4.69) is 0 Å². The van der Waals surface area contributed by atoms with Crippen LogP contribution < -0.4 is 5.73 Å². The predicted octanol–water partition coefficient (Wildman–Crippen LogP) is 3.98. The fourth-order valence-corrected chi connectivity index (χ4v) is 1.90. The van der Waals surface area contributed by atoms with Gasteiger partial charge in [-0.15, -0.1) is 0 Å². The van der Waals surface area contributed by atoms with Gasteiger partial charge in [-0.05, 0) is 30.4 Å². The topological polar surface area (TPSA) is 26.0 Å². The van der Waals surface area contributed by atoms with Crippen LogP contribution in [0.15, 0.2) is 24.3 Å². The third-order valence-electron chi connectivity index (χ3n) is 2.81. The summed E-state index contributed by atoms with van der Waals surface area (Å²) in [5.41, 5.74) is 8.02. The molecule has 0 amide bonds. The van der Waals surface area contributed by atoms with Crippen molar-refractivity contribution in [3.05, 3.63) is 35.4 Å². The van der Waals surface area contributed by atoms with Crippen molar-refractivity contribution in [3.8, 4) is 0 Å². The van der Waals surface area contributed by atoms with Crippen molar-refractivity contribution in [1.29, 1.82) is 0 Å².